The number of piperazine rings is 1. The molecular weight excluding hydrogens is 555 g/mol. The number of phenols is 1. The van der Waals surface area contributed by atoms with Crippen LogP contribution in [0.3, 0.4) is 0 Å². The van der Waals surface area contributed by atoms with E-state index in [4.69, 9.17) is 29.6 Å². The number of nitrogens with one attached hydrogen (secondary N) is 3. The first-order valence-electron chi connectivity index (χ1n) is 14.3. The summed E-state index contributed by atoms with van der Waals surface area (Å²) < 4.78 is 5.65. The summed E-state index contributed by atoms with van der Waals surface area (Å²) in [6, 6.07) is 11.8. The van der Waals surface area contributed by atoms with Gasteiger partial charge in [-0.3, -0.25) is 14.6 Å². The molecule has 2 bridgehead atoms. The molecular formula is C31H41N5O3S2. The third-order valence-corrected chi connectivity index (χ3v) is 9.54. The third-order valence-electron chi connectivity index (χ3n) is 8.87. The number of carbonyl (C=O) groups is 1. The van der Waals surface area contributed by atoms with Gasteiger partial charge in [0.05, 0.1) is 13.2 Å². The van der Waals surface area contributed by atoms with Crippen molar-refractivity contribution in [1.29, 1.82) is 0 Å². The molecule has 4 N–H and O–H groups in total. The minimum Gasteiger partial charge on any atom is -0.504 e. The molecule has 220 valence electrons. The molecule has 6 atom stereocenters. The molecule has 41 heavy (non-hydrogen) atoms. The number of fused-ring (bicyclic) bond motifs is 6. The number of amides is 1. The molecule has 3 aliphatic rings. The molecule has 5 rings (SSSR count). The Morgan fingerprint density at radius 2 is 2.05 bits per heavy atom. The maximum Gasteiger partial charge on any atom is 0.242 e. The molecule has 0 aliphatic carbocycles. The number of hydrogen-bond acceptors (Lipinski definition) is 7. The molecule has 0 saturated carbocycles. The highest BCUT2D eigenvalue weighted by Gasteiger charge is 2.48. The minimum absolute atomic E-state index is 0.00619. The van der Waals surface area contributed by atoms with E-state index in [2.05, 4.69) is 51.0 Å². The fourth-order valence-electron chi connectivity index (χ4n) is 6.81. The maximum atomic E-state index is 13.1. The number of rotatable bonds is 7. The lowest BCUT2D eigenvalue weighted by Gasteiger charge is -2.53. The molecule has 2 aromatic rings. The van der Waals surface area contributed by atoms with Crippen LogP contribution in [0.1, 0.15) is 48.4 Å². The first-order chi connectivity index (χ1) is 19.7. The van der Waals surface area contributed by atoms with Crippen molar-refractivity contribution in [3.05, 3.63) is 65.2 Å². The van der Waals surface area contributed by atoms with Gasteiger partial charge in [-0.05, 0) is 80.9 Å². The van der Waals surface area contributed by atoms with Gasteiger partial charge < -0.3 is 25.8 Å². The van der Waals surface area contributed by atoms with Gasteiger partial charge in [0.15, 0.2) is 16.6 Å². The van der Waals surface area contributed by atoms with Gasteiger partial charge in [0, 0.05) is 42.5 Å². The van der Waals surface area contributed by atoms with E-state index in [1.807, 2.05) is 44.2 Å². The molecule has 8 nitrogen and oxygen atoms in total. The van der Waals surface area contributed by atoms with Gasteiger partial charge >= 0.3 is 0 Å². The monoisotopic (exact) mass is 595 g/mol. The number of thiocarbonyl (C=S) groups is 1. The van der Waals surface area contributed by atoms with Crippen LogP contribution in [0.5, 0.6) is 11.5 Å². The van der Waals surface area contributed by atoms with Crippen molar-refractivity contribution >= 4 is 41.6 Å². The number of carbonyl (C=O) groups excluding carboxylic acids is 1. The van der Waals surface area contributed by atoms with Crippen LogP contribution < -0.4 is 20.7 Å². The fourth-order valence-corrected chi connectivity index (χ4v) is 7.45. The number of aryl methyl sites for hydroxylation is 1. The zero-order valence-electron chi connectivity index (χ0n) is 24.1. The second kappa shape index (κ2) is 12.6. The Kier molecular flexibility index (Phi) is 9.13. The van der Waals surface area contributed by atoms with Crippen LogP contribution in [0.15, 0.2) is 48.6 Å². The van der Waals surface area contributed by atoms with E-state index in [0.717, 1.165) is 36.2 Å². The summed E-state index contributed by atoms with van der Waals surface area (Å²) in [5.41, 5.74) is 3.95. The first kappa shape index (κ1) is 29.7. The first-order valence-corrected chi connectivity index (χ1v) is 15.3. The summed E-state index contributed by atoms with van der Waals surface area (Å²) in [5, 5.41) is 21.3. The summed E-state index contributed by atoms with van der Waals surface area (Å²) in [4.78, 5) is 18.0. The Hall–Kier alpha value is -2.79. The van der Waals surface area contributed by atoms with Crippen molar-refractivity contribution in [3.63, 3.8) is 0 Å². The van der Waals surface area contributed by atoms with Crippen molar-refractivity contribution in [2.24, 2.45) is 0 Å². The molecule has 3 aliphatic heterocycles. The Morgan fingerprint density at radius 1 is 1.29 bits per heavy atom. The predicted octanol–water partition coefficient (Wildman–Crippen LogP) is 3.97. The van der Waals surface area contributed by atoms with Crippen LogP contribution in [0, 0.1) is 6.92 Å². The van der Waals surface area contributed by atoms with Crippen LogP contribution in [0.4, 0.5) is 5.69 Å². The van der Waals surface area contributed by atoms with Crippen LogP contribution in [0.25, 0.3) is 0 Å². The average Bonchev–Trinajstić information content (AvgIpc) is 3.02. The number of para-hydroxylation sites is 1. The van der Waals surface area contributed by atoms with Crippen LogP contribution >= 0.6 is 24.8 Å². The second-order valence-electron chi connectivity index (χ2n) is 11.4. The quantitative estimate of drug-likeness (QED) is 0.187. The number of methoxy groups -OCH3 is 1. The van der Waals surface area contributed by atoms with E-state index in [-0.39, 0.29) is 35.7 Å². The second-order valence-corrected chi connectivity index (χ2v) is 12.2. The zero-order chi connectivity index (χ0) is 29.3. The number of ether oxygens (including phenoxy) is 1. The summed E-state index contributed by atoms with van der Waals surface area (Å²) in [5.74, 6) is 1.62. The molecule has 0 spiro atoms. The summed E-state index contributed by atoms with van der Waals surface area (Å²) in [7, 11) is 3.79. The lowest BCUT2D eigenvalue weighted by Crippen LogP contribution is -2.63. The molecule has 3 heterocycles. The highest BCUT2D eigenvalue weighted by atomic mass is 32.1. The summed E-state index contributed by atoms with van der Waals surface area (Å²) >= 11 is 10.1. The van der Waals surface area contributed by atoms with Gasteiger partial charge in [0.1, 0.15) is 6.04 Å². The van der Waals surface area contributed by atoms with Gasteiger partial charge in [-0.25, -0.2) is 0 Å². The number of nitrogens with zero attached hydrogens (tertiary/aromatic N) is 2. The van der Waals surface area contributed by atoms with E-state index in [0.29, 0.717) is 29.2 Å². The van der Waals surface area contributed by atoms with Gasteiger partial charge in [-0.1, -0.05) is 36.4 Å². The van der Waals surface area contributed by atoms with E-state index in [1.165, 1.54) is 5.56 Å². The van der Waals surface area contributed by atoms with Crippen LogP contribution in [0.2, 0.25) is 0 Å². The number of likely N-dealkylation sites (N-methyl/N-ethyl adjacent to an activating group) is 1. The van der Waals surface area contributed by atoms with Crippen molar-refractivity contribution < 1.29 is 14.6 Å². The number of aromatic hydroxyl groups is 1. The lowest BCUT2D eigenvalue weighted by atomic mass is 9.84. The van der Waals surface area contributed by atoms with E-state index in [9.17, 15) is 9.90 Å². The van der Waals surface area contributed by atoms with Crippen molar-refractivity contribution in [1.82, 2.24) is 20.4 Å². The SMILES string of the molecule is COc1c(C)cc2c(c1O)C1C3CC=CC(CNC(=O)C(C)NC(=S)Nc4ccccc4)N3CC(CC2CS)N1C. The minimum atomic E-state index is -0.493. The highest BCUT2D eigenvalue weighted by molar-refractivity contribution is 7.80. The maximum absolute atomic E-state index is 13.1. The molecule has 2 aromatic carbocycles. The Bertz CT molecular complexity index is 1310. The van der Waals surface area contributed by atoms with E-state index < -0.39 is 6.04 Å². The van der Waals surface area contributed by atoms with Gasteiger partial charge in [-0.2, -0.15) is 12.6 Å². The molecule has 10 heteroatoms. The van der Waals surface area contributed by atoms with E-state index >= 15 is 0 Å². The number of benzene rings is 2. The molecule has 0 radical (unpaired) electrons. The summed E-state index contributed by atoms with van der Waals surface area (Å²) in [6.07, 6.45) is 6.24. The Balaban J connectivity index is 1.32. The third kappa shape index (κ3) is 5.93. The van der Waals surface area contributed by atoms with Crippen molar-refractivity contribution in [3.8, 4) is 11.5 Å². The highest BCUT2D eigenvalue weighted by Crippen LogP contribution is 2.51. The summed E-state index contributed by atoms with van der Waals surface area (Å²) in [6.45, 7) is 5.18. The number of thiol groups is 1. The Morgan fingerprint density at radius 3 is 2.76 bits per heavy atom. The van der Waals surface area contributed by atoms with Gasteiger partial charge in [0.25, 0.3) is 0 Å². The van der Waals surface area contributed by atoms with Gasteiger partial charge in [0.2, 0.25) is 5.91 Å². The number of phenolic OH excluding ortho intramolecular Hbond substituents is 1. The predicted molar refractivity (Wildman–Crippen MR) is 171 cm³/mol. The molecule has 1 fully saturated rings. The molecule has 0 aromatic heterocycles. The van der Waals surface area contributed by atoms with Crippen molar-refractivity contribution in [2.75, 3.05) is 38.3 Å². The van der Waals surface area contributed by atoms with Gasteiger partial charge in [-0.15, -0.1) is 0 Å². The lowest BCUT2D eigenvalue weighted by molar-refractivity contribution is -0.122. The molecule has 1 amide bonds. The largest absolute Gasteiger partial charge is 0.504 e. The molecule has 1 saturated heterocycles. The fraction of sp³-hybridized carbons (Fsp3) is 0.484. The van der Waals surface area contributed by atoms with E-state index in [1.54, 1.807) is 7.11 Å². The van der Waals surface area contributed by atoms with Crippen LogP contribution in [-0.4, -0.2) is 83.1 Å². The normalized spacial score (nSPS) is 26.2. The number of hydrogen-bond donors (Lipinski definition) is 5. The van der Waals surface area contributed by atoms with Crippen LogP contribution in [-0.2, 0) is 4.79 Å². The average molecular weight is 596 g/mol. The Labute approximate surface area is 253 Å². The zero-order valence-corrected chi connectivity index (χ0v) is 25.8. The molecule has 6 unspecified atom stereocenters. The van der Waals surface area contributed by atoms with Crippen molar-refractivity contribution in [2.45, 2.75) is 62.8 Å². The smallest absolute Gasteiger partial charge is 0.242 e. The topological polar surface area (TPSA) is 89.1 Å². The standard InChI is InChI=1S/C31H41N5O3S2/c1-18-13-24-20(17-40)14-23-16-36-22(11-8-12-25(36)27(35(23)3)26(24)28(37)29(18)39-4)15-32-30(38)19(2)33-31(41)34-21-9-6-5-7-10-21/h5-11,13,19-20,22-23,25,27,37,40H,12,14-17H2,1-4H3,(H,32,38)(H2,33,34,41). The number of anilines is 1.